The van der Waals surface area contributed by atoms with Crippen LogP contribution in [0, 0.1) is 5.92 Å². The van der Waals surface area contributed by atoms with Gasteiger partial charge in [0.1, 0.15) is 11.5 Å². The van der Waals surface area contributed by atoms with Crippen LogP contribution in [0.25, 0.3) is 0 Å². The lowest BCUT2D eigenvalue weighted by Gasteiger charge is -2.27. The number of rotatable bonds is 8. The highest BCUT2D eigenvalue weighted by atomic mass is 16.5. The molecule has 4 heteroatoms. The highest BCUT2D eigenvalue weighted by molar-refractivity contribution is 5.42. The number of hydrogen-bond donors (Lipinski definition) is 2. The monoisotopic (exact) mass is 278 g/mol. The van der Waals surface area contributed by atoms with Crippen molar-refractivity contribution in [1.82, 2.24) is 5.32 Å². The van der Waals surface area contributed by atoms with Gasteiger partial charge in [-0.3, -0.25) is 0 Å². The Morgan fingerprint density at radius 1 is 1.30 bits per heavy atom. The molecule has 1 aliphatic carbocycles. The Labute approximate surface area is 121 Å². The summed E-state index contributed by atoms with van der Waals surface area (Å²) in [6.07, 6.45) is 5.42. The topological polar surface area (TPSA) is 56.5 Å². The zero-order valence-corrected chi connectivity index (χ0v) is 12.5. The second kappa shape index (κ2) is 7.50. The molecule has 1 aromatic rings. The zero-order chi connectivity index (χ0) is 14.4. The minimum Gasteiger partial charge on any atom is -0.497 e. The Morgan fingerprint density at radius 3 is 2.65 bits per heavy atom. The van der Waals surface area contributed by atoms with Crippen molar-refractivity contribution in [2.45, 2.75) is 31.7 Å². The molecular formula is C16H26N2O2. The lowest BCUT2D eigenvalue weighted by atomic mass is 9.83. The summed E-state index contributed by atoms with van der Waals surface area (Å²) in [5, 5.41) is 3.55. The summed E-state index contributed by atoms with van der Waals surface area (Å²) in [4.78, 5) is 0. The van der Waals surface area contributed by atoms with Crippen molar-refractivity contribution in [1.29, 1.82) is 0 Å². The smallest absolute Gasteiger partial charge is 0.127 e. The average Bonchev–Trinajstić information content (AvgIpc) is 2.45. The maximum Gasteiger partial charge on any atom is 0.127 e. The Kier molecular flexibility index (Phi) is 5.68. The van der Waals surface area contributed by atoms with Crippen LogP contribution in [-0.4, -0.2) is 27.3 Å². The summed E-state index contributed by atoms with van der Waals surface area (Å²) in [5.41, 5.74) is 7.01. The molecule has 0 heterocycles. The molecule has 0 aromatic heterocycles. The van der Waals surface area contributed by atoms with Gasteiger partial charge in [-0.2, -0.15) is 0 Å². The average molecular weight is 278 g/mol. The van der Waals surface area contributed by atoms with Crippen LogP contribution >= 0.6 is 0 Å². The minimum atomic E-state index is 0.135. The van der Waals surface area contributed by atoms with Gasteiger partial charge in [0.25, 0.3) is 0 Å². The number of hydrogen-bond acceptors (Lipinski definition) is 4. The molecule has 3 N–H and O–H groups in total. The lowest BCUT2D eigenvalue weighted by molar-refractivity contribution is 0.287. The van der Waals surface area contributed by atoms with Gasteiger partial charge in [-0.15, -0.1) is 0 Å². The van der Waals surface area contributed by atoms with Crippen LogP contribution in [-0.2, 0) is 0 Å². The second-order valence-electron chi connectivity index (χ2n) is 5.44. The predicted octanol–water partition coefficient (Wildman–Crippen LogP) is 2.48. The SMILES string of the molecule is COc1ccc(C(CN)NCCC2CCC2)c(OC)c1. The summed E-state index contributed by atoms with van der Waals surface area (Å²) in [6.45, 7) is 1.58. The summed E-state index contributed by atoms with van der Waals surface area (Å²) < 4.78 is 10.7. The number of benzene rings is 1. The van der Waals surface area contributed by atoms with Crippen molar-refractivity contribution in [3.05, 3.63) is 23.8 Å². The van der Waals surface area contributed by atoms with Gasteiger partial charge in [-0.1, -0.05) is 25.3 Å². The molecule has 1 fully saturated rings. The fraction of sp³-hybridized carbons (Fsp3) is 0.625. The molecule has 0 bridgehead atoms. The first-order chi connectivity index (χ1) is 9.78. The maximum atomic E-state index is 5.91. The standard InChI is InChI=1S/C16H26N2O2/c1-19-13-6-7-14(16(10-13)20-2)15(11-17)18-9-8-12-4-3-5-12/h6-7,10,12,15,18H,3-5,8-9,11,17H2,1-2H3. The highest BCUT2D eigenvalue weighted by Gasteiger charge is 2.19. The highest BCUT2D eigenvalue weighted by Crippen LogP contribution is 2.31. The van der Waals surface area contributed by atoms with Crippen LogP contribution in [0.15, 0.2) is 18.2 Å². The zero-order valence-electron chi connectivity index (χ0n) is 12.5. The van der Waals surface area contributed by atoms with Gasteiger partial charge in [0.2, 0.25) is 0 Å². The van der Waals surface area contributed by atoms with Gasteiger partial charge >= 0.3 is 0 Å². The molecule has 1 saturated carbocycles. The van der Waals surface area contributed by atoms with Gasteiger partial charge in [0.05, 0.1) is 14.2 Å². The molecule has 1 aromatic carbocycles. The third-order valence-electron chi connectivity index (χ3n) is 4.22. The van der Waals surface area contributed by atoms with Gasteiger partial charge in [0.15, 0.2) is 0 Å². The van der Waals surface area contributed by atoms with E-state index in [2.05, 4.69) is 5.32 Å². The Hall–Kier alpha value is -1.26. The summed E-state index contributed by atoms with van der Waals surface area (Å²) in [6, 6.07) is 6.03. The molecule has 0 saturated heterocycles. The molecule has 4 nitrogen and oxygen atoms in total. The van der Waals surface area contributed by atoms with E-state index in [0.29, 0.717) is 6.54 Å². The molecule has 0 amide bonds. The maximum absolute atomic E-state index is 5.91. The van der Waals surface area contributed by atoms with E-state index in [-0.39, 0.29) is 6.04 Å². The normalized spacial score (nSPS) is 16.6. The number of ether oxygens (including phenoxy) is 2. The second-order valence-corrected chi connectivity index (χ2v) is 5.44. The van der Waals surface area contributed by atoms with Crippen LogP contribution in [0.3, 0.4) is 0 Å². The molecule has 0 aliphatic heterocycles. The van der Waals surface area contributed by atoms with E-state index in [1.807, 2.05) is 18.2 Å². The Balaban J connectivity index is 1.97. The van der Waals surface area contributed by atoms with Gasteiger partial charge in [-0.05, 0) is 24.9 Å². The lowest BCUT2D eigenvalue weighted by Crippen LogP contribution is -2.31. The van der Waals surface area contributed by atoms with E-state index in [9.17, 15) is 0 Å². The van der Waals surface area contributed by atoms with Crippen molar-refractivity contribution in [2.24, 2.45) is 11.7 Å². The predicted molar refractivity (Wildman–Crippen MR) is 81.3 cm³/mol. The van der Waals surface area contributed by atoms with Crippen LogP contribution in [0.5, 0.6) is 11.5 Å². The first kappa shape index (κ1) is 15.1. The number of nitrogens with one attached hydrogen (secondary N) is 1. The number of methoxy groups -OCH3 is 2. The van der Waals surface area contributed by atoms with E-state index in [0.717, 1.165) is 29.5 Å². The third-order valence-corrected chi connectivity index (χ3v) is 4.22. The van der Waals surface area contributed by atoms with E-state index in [4.69, 9.17) is 15.2 Å². The molecular weight excluding hydrogens is 252 g/mol. The van der Waals surface area contributed by atoms with Crippen molar-refractivity contribution in [2.75, 3.05) is 27.3 Å². The fourth-order valence-electron chi connectivity index (χ4n) is 2.67. The van der Waals surface area contributed by atoms with E-state index in [1.165, 1.54) is 25.7 Å². The largest absolute Gasteiger partial charge is 0.497 e. The Bertz CT molecular complexity index is 419. The fourth-order valence-corrected chi connectivity index (χ4v) is 2.67. The van der Waals surface area contributed by atoms with Crippen molar-refractivity contribution < 1.29 is 9.47 Å². The van der Waals surface area contributed by atoms with Crippen LogP contribution in [0.1, 0.15) is 37.3 Å². The molecule has 1 unspecified atom stereocenters. The molecule has 20 heavy (non-hydrogen) atoms. The molecule has 1 aliphatic rings. The molecule has 0 spiro atoms. The quantitative estimate of drug-likeness (QED) is 0.767. The summed E-state index contributed by atoms with van der Waals surface area (Å²) >= 11 is 0. The van der Waals surface area contributed by atoms with E-state index < -0.39 is 0 Å². The number of nitrogens with two attached hydrogens (primary N) is 1. The van der Waals surface area contributed by atoms with Crippen molar-refractivity contribution >= 4 is 0 Å². The third kappa shape index (κ3) is 3.64. The van der Waals surface area contributed by atoms with Crippen LogP contribution in [0.2, 0.25) is 0 Å². The Morgan fingerprint density at radius 2 is 2.10 bits per heavy atom. The first-order valence-corrected chi connectivity index (χ1v) is 7.43. The van der Waals surface area contributed by atoms with E-state index >= 15 is 0 Å². The van der Waals surface area contributed by atoms with Crippen LogP contribution in [0.4, 0.5) is 0 Å². The van der Waals surface area contributed by atoms with E-state index in [1.54, 1.807) is 14.2 Å². The molecule has 112 valence electrons. The van der Waals surface area contributed by atoms with Crippen molar-refractivity contribution in [3.63, 3.8) is 0 Å². The van der Waals surface area contributed by atoms with Crippen LogP contribution < -0.4 is 20.5 Å². The molecule has 2 rings (SSSR count). The van der Waals surface area contributed by atoms with Gasteiger partial charge in [0, 0.05) is 24.2 Å². The van der Waals surface area contributed by atoms with Crippen molar-refractivity contribution in [3.8, 4) is 11.5 Å². The molecule has 0 radical (unpaired) electrons. The minimum absolute atomic E-state index is 0.135. The molecule has 1 atom stereocenters. The summed E-state index contributed by atoms with van der Waals surface area (Å²) in [5.74, 6) is 2.55. The summed E-state index contributed by atoms with van der Waals surface area (Å²) in [7, 11) is 3.34. The van der Waals surface area contributed by atoms with Gasteiger partial charge in [-0.25, -0.2) is 0 Å². The first-order valence-electron chi connectivity index (χ1n) is 7.43. The van der Waals surface area contributed by atoms with Gasteiger partial charge < -0.3 is 20.5 Å².